The van der Waals surface area contributed by atoms with Crippen molar-refractivity contribution in [1.29, 1.82) is 0 Å². The Morgan fingerprint density at radius 3 is 2.58 bits per heavy atom. The monoisotopic (exact) mass is 448 g/mol. The summed E-state index contributed by atoms with van der Waals surface area (Å²) in [5, 5.41) is 2.67. The Labute approximate surface area is 193 Å². The number of hydrogen-bond acceptors (Lipinski definition) is 5. The Bertz CT molecular complexity index is 1120. The molecule has 4 rings (SSSR count). The molecule has 0 spiro atoms. The molecule has 1 heterocycles. The Hall–Kier alpha value is -3.58. The van der Waals surface area contributed by atoms with Crippen LogP contribution in [0.4, 0.5) is 21.5 Å². The number of nitrogens with zero attached hydrogens (tertiary/aromatic N) is 2. The van der Waals surface area contributed by atoms with Gasteiger partial charge in [-0.2, -0.15) is 0 Å². The number of ether oxygens (including phenoxy) is 1. The van der Waals surface area contributed by atoms with Gasteiger partial charge in [0.2, 0.25) is 0 Å². The van der Waals surface area contributed by atoms with E-state index in [1.165, 1.54) is 6.07 Å². The van der Waals surface area contributed by atoms with Gasteiger partial charge in [0.1, 0.15) is 18.2 Å². The molecule has 33 heavy (non-hydrogen) atoms. The van der Waals surface area contributed by atoms with E-state index in [4.69, 9.17) is 10.5 Å². The molecule has 3 aromatic rings. The molecule has 1 saturated heterocycles. The fourth-order valence-corrected chi connectivity index (χ4v) is 3.92. The highest BCUT2D eigenvalue weighted by Crippen LogP contribution is 2.27. The Kier molecular flexibility index (Phi) is 6.79. The molecule has 6 nitrogen and oxygen atoms in total. The third-order valence-corrected chi connectivity index (χ3v) is 5.99. The summed E-state index contributed by atoms with van der Waals surface area (Å²) >= 11 is 0. The van der Waals surface area contributed by atoms with Gasteiger partial charge in [-0.1, -0.05) is 24.3 Å². The van der Waals surface area contributed by atoms with Crippen molar-refractivity contribution in [3.63, 3.8) is 0 Å². The molecular formula is C26H29FN4O2. The summed E-state index contributed by atoms with van der Waals surface area (Å²) in [5.41, 5.74) is 8.79. The van der Waals surface area contributed by atoms with Crippen molar-refractivity contribution in [2.75, 3.05) is 43.1 Å². The quantitative estimate of drug-likeness (QED) is 0.525. The number of para-hydroxylation sites is 2. The molecule has 1 aliphatic rings. The third-order valence-electron chi connectivity index (χ3n) is 5.99. The molecule has 0 aliphatic carbocycles. The minimum Gasteiger partial charge on any atom is -0.487 e. The second-order valence-electron chi connectivity index (χ2n) is 8.49. The van der Waals surface area contributed by atoms with E-state index in [0.29, 0.717) is 29.6 Å². The molecule has 0 saturated carbocycles. The smallest absolute Gasteiger partial charge is 0.255 e. The summed E-state index contributed by atoms with van der Waals surface area (Å²) < 4.78 is 20.4. The standard InChI is InChI=1S/C26H29FN4O2/c1-30(2)21-13-14-31(16-21)20-11-12-24(22(27)15-20)29-26(32)19-9-7-18(8-10-19)17-33-25-6-4-3-5-23(25)28/h3-12,15,21H,13-14,16-17,28H2,1-2H3,(H,29,32). The van der Waals surface area contributed by atoms with Crippen LogP contribution in [-0.4, -0.2) is 44.0 Å². The molecule has 1 amide bonds. The van der Waals surface area contributed by atoms with E-state index in [2.05, 4.69) is 29.2 Å². The molecule has 1 fully saturated rings. The highest BCUT2D eigenvalue weighted by molar-refractivity contribution is 6.04. The Morgan fingerprint density at radius 1 is 1.15 bits per heavy atom. The van der Waals surface area contributed by atoms with Gasteiger partial charge in [-0.25, -0.2) is 4.39 Å². The molecule has 0 radical (unpaired) electrons. The largest absolute Gasteiger partial charge is 0.487 e. The minimum atomic E-state index is -0.445. The number of halogens is 1. The van der Waals surface area contributed by atoms with E-state index in [1.54, 1.807) is 30.3 Å². The van der Waals surface area contributed by atoms with Gasteiger partial charge < -0.3 is 25.6 Å². The molecule has 3 N–H and O–H groups in total. The number of nitrogens with one attached hydrogen (secondary N) is 1. The van der Waals surface area contributed by atoms with Crippen molar-refractivity contribution in [3.05, 3.63) is 83.7 Å². The van der Waals surface area contributed by atoms with Gasteiger partial charge in [-0.15, -0.1) is 0 Å². The normalized spacial score (nSPS) is 15.6. The predicted octanol–water partition coefficient (Wildman–Crippen LogP) is 4.38. The summed E-state index contributed by atoms with van der Waals surface area (Å²) in [4.78, 5) is 17.0. The van der Waals surface area contributed by atoms with Crippen molar-refractivity contribution in [3.8, 4) is 5.75 Å². The Balaban J connectivity index is 1.35. The topological polar surface area (TPSA) is 70.8 Å². The van der Waals surface area contributed by atoms with Gasteiger partial charge in [0, 0.05) is 30.4 Å². The zero-order valence-electron chi connectivity index (χ0n) is 18.9. The van der Waals surface area contributed by atoms with Gasteiger partial charge in [-0.3, -0.25) is 4.79 Å². The van der Waals surface area contributed by atoms with Crippen LogP contribution in [0, 0.1) is 5.82 Å². The highest BCUT2D eigenvalue weighted by Gasteiger charge is 2.24. The second-order valence-corrected chi connectivity index (χ2v) is 8.49. The van der Waals surface area contributed by atoms with Gasteiger partial charge in [0.05, 0.1) is 11.4 Å². The number of carbonyl (C=O) groups excluding carboxylic acids is 1. The summed E-state index contributed by atoms with van der Waals surface area (Å²) in [7, 11) is 4.12. The first-order valence-corrected chi connectivity index (χ1v) is 11.0. The van der Waals surface area contributed by atoms with Gasteiger partial charge in [0.15, 0.2) is 0 Å². The molecule has 0 aromatic heterocycles. The van der Waals surface area contributed by atoms with Gasteiger partial charge in [0.25, 0.3) is 5.91 Å². The first-order chi connectivity index (χ1) is 15.9. The van der Waals surface area contributed by atoms with E-state index < -0.39 is 5.82 Å². The lowest BCUT2D eigenvalue weighted by Gasteiger charge is -2.22. The highest BCUT2D eigenvalue weighted by atomic mass is 19.1. The van der Waals surface area contributed by atoms with Gasteiger partial charge in [-0.05, 0) is 68.5 Å². The van der Waals surface area contributed by atoms with Crippen LogP contribution in [-0.2, 0) is 6.61 Å². The molecule has 7 heteroatoms. The average Bonchev–Trinajstić information content (AvgIpc) is 3.31. The number of benzene rings is 3. The summed E-state index contributed by atoms with van der Waals surface area (Å²) in [6.45, 7) is 2.09. The van der Waals surface area contributed by atoms with Crippen LogP contribution in [0.3, 0.4) is 0 Å². The van der Waals surface area contributed by atoms with Crippen LogP contribution in [0.15, 0.2) is 66.7 Å². The van der Waals surface area contributed by atoms with E-state index in [0.717, 1.165) is 30.8 Å². The predicted molar refractivity (Wildman–Crippen MR) is 130 cm³/mol. The molecular weight excluding hydrogens is 419 g/mol. The van der Waals surface area contributed by atoms with E-state index in [-0.39, 0.29) is 11.6 Å². The average molecular weight is 449 g/mol. The first-order valence-electron chi connectivity index (χ1n) is 11.0. The maximum Gasteiger partial charge on any atom is 0.255 e. The molecule has 1 aliphatic heterocycles. The molecule has 3 aromatic carbocycles. The lowest BCUT2D eigenvalue weighted by Crippen LogP contribution is -2.31. The fourth-order valence-electron chi connectivity index (χ4n) is 3.92. The van der Waals surface area contributed by atoms with E-state index >= 15 is 0 Å². The fraction of sp³-hybridized carbons (Fsp3) is 0.269. The van der Waals surface area contributed by atoms with Gasteiger partial charge >= 0.3 is 0 Å². The number of likely N-dealkylation sites (N-methyl/N-ethyl adjacent to an activating group) is 1. The minimum absolute atomic E-state index is 0.166. The number of anilines is 3. The molecule has 1 unspecified atom stereocenters. The van der Waals surface area contributed by atoms with Crippen molar-refractivity contribution in [2.45, 2.75) is 19.1 Å². The van der Waals surface area contributed by atoms with Crippen molar-refractivity contribution < 1.29 is 13.9 Å². The number of rotatable bonds is 7. The number of hydrogen-bond donors (Lipinski definition) is 2. The van der Waals surface area contributed by atoms with Crippen LogP contribution in [0.25, 0.3) is 0 Å². The lowest BCUT2D eigenvalue weighted by molar-refractivity contribution is 0.102. The first kappa shape index (κ1) is 22.6. The molecule has 172 valence electrons. The zero-order chi connectivity index (χ0) is 23.4. The zero-order valence-corrected chi connectivity index (χ0v) is 18.9. The van der Waals surface area contributed by atoms with Crippen LogP contribution < -0.4 is 20.7 Å². The maximum absolute atomic E-state index is 14.7. The van der Waals surface area contributed by atoms with Crippen LogP contribution in [0.2, 0.25) is 0 Å². The van der Waals surface area contributed by atoms with E-state index in [9.17, 15) is 9.18 Å². The summed E-state index contributed by atoms with van der Waals surface area (Å²) in [6, 6.07) is 19.7. The van der Waals surface area contributed by atoms with E-state index in [1.807, 2.05) is 30.3 Å². The number of nitrogen functional groups attached to an aromatic ring is 1. The maximum atomic E-state index is 14.7. The SMILES string of the molecule is CN(C)C1CCN(c2ccc(NC(=O)c3ccc(COc4ccccc4N)cc3)c(F)c2)C1. The molecule has 1 atom stereocenters. The van der Waals surface area contributed by atoms with Crippen molar-refractivity contribution in [1.82, 2.24) is 4.90 Å². The third kappa shape index (κ3) is 5.43. The van der Waals surface area contributed by atoms with Crippen molar-refractivity contribution >= 4 is 23.0 Å². The lowest BCUT2D eigenvalue weighted by atomic mass is 10.1. The number of nitrogens with two attached hydrogens (primary N) is 1. The summed E-state index contributed by atoms with van der Waals surface area (Å²) in [6.07, 6.45) is 1.05. The molecule has 0 bridgehead atoms. The number of amides is 1. The van der Waals surface area contributed by atoms with Crippen LogP contribution in [0.1, 0.15) is 22.3 Å². The van der Waals surface area contributed by atoms with Crippen LogP contribution in [0.5, 0.6) is 5.75 Å². The second kappa shape index (κ2) is 9.92. The Morgan fingerprint density at radius 2 is 1.91 bits per heavy atom. The summed E-state index contributed by atoms with van der Waals surface area (Å²) in [5.74, 6) is -0.195. The van der Waals surface area contributed by atoms with Crippen molar-refractivity contribution in [2.24, 2.45) is 0 Å². The number of carbonyl (C=O) groups is 1. The van der Waals surface area contributed by atoms with Crippen LogP contribution >= 0.6 is 0 Å².